The van der Waals surface area contributed by atoms with E-state index in [2.05, 4.69) is 34.7 Å². The molecule has 11 heteroatoms. The maximum absolute atomic E-state index is 13.3. The zero-order chi connectivity index (χ0) is 27.5. The van der Waals surface area contributed by atoms with Crippen molar-refractivity contribution in [2.24, 2.45) is 0 Å². The van der Waals surface area contributed by atoms with E-state index in [0.29, 0.717) is 43.1 Å². The van der Waals surface area contributed by atoms with Crippen LogP contribution in [0.3, 0.4) is 0 Å². The zero-order valence-corrected chi connectivity index (χ0v) is 23.2. The molecule has 1 atom stereocenters. The monoisotopic (exact) mass is 545 g/mol. The van der Waals surface area contributed by atoms with E-state index in [-0.39, 0.29) is 24.5 Å². The highest BCUT2D eigenvalue weighted by molar-refractivity contribution is 7.20. The topological polar surface area (TPSA) is 123 Å². The molecule has 1 saturated heterocycles. The van der Waals surface area contributed by atoms with Crippen LogP contribution in [0.1, 0.15) is 50.4 Å². The number of rotatable bonds is 12. The number of hydrogen-bond acceptors (Lipinski definition) is 6. The number of nitrogens with one attached hydrogen (secondary N) is 3. The van der Waals surface area contributed by atoms with E-state index in [0.717, 1.165) is 42.2 Å². The average molecular weight is 546 g/mol. The molecule has 1 aromatic carbocycles. The summed E-state index contributed by atoms with van der Waals surface area (Å²) < 4.78 is 5.88. The van der Waals surface area contributed by atoms with E-state index in [9.17, 15) is 19.5 Å². The Morgan fingerprint density at radius 1 is 1.16 bits per heavy atom. The third kappa shape index (κ3) is 8.35. The van der Waals surface area contributed by atoms with Crippen LogP contribution in [-0.2, 0) is 0 Å². The number of likely N-dealkylation sites (tertiary alicyclic amines) is 1. The lowest BCUT2D eigenvalue weighted by Gasteiger charge is -2.31. The number of ether oxygens (including phenoxy) is 1. The van der Waals surface area contributed by atoms with Gasteiger partial charge in [-0.3, -0.25) is 10.1 Å². The number of piperidine rings is 1. The molecule has 2 aromatic rings. The summed E-state index contributed by atoms with van der Waals surface area (Å²) >= 11 is 1.32. The minimum absolute atomic E-state index is 0.244. The van der Waals surface area contributed by atoms with Crippen LogP contribution in [0.4, 0.5) is 14.6 Å². The van der Waals surface area contributed by atoms with Gasteiger partial charge in [-0.2, -0.15) is 0 Å². The van der Waals surface area contributed by atoms with E-state index < -0.39 is 6.09 Å². The number of benzene rings is 1. The van der Waals surface area contributed by atoms with Crippen LogP contribution >= 0.6 is 11.3 Å². The molecule has 0 aliphatic carbocycles. The average Bonchev–Trinajstić information content (AvgIpc) is 3.34. The van der Waals surface area contributed by atoms with Crippen molar-refractivity contribution >= 4 is 34.4 Å². The first kappa shape index (κ1) is 29.2. The van der Waals surface area contributed by atoms with Gasteiger partial charge < -0.3 is 30.3 Å². The number of anilines is 1. The highest BCUT2D eigenvalue weighted by Crippen LogP contribution is 2.36. The highest BCUT2D eigenvalue weighted by atomic mass is 32.1. The largest absolute Gasteiger partial charge is 0.492 e. The number of likely N-dealkylation sites (N-methyl/N-ethyl adjacent to an activating group) is 1. The molecule has 0 bridgehead atoms. The molecule has 0 saturated carbocycles. The summed E-state index contributed by atoms with van der Waals surface area (Å²) in [5.74, 6) is 0.430. The molecule has 38 heavy (non-hydrogen) atoms. The Bertz CT molecular complexity index is 1070. The standard InChI is InChI=1S/C27H39N5O5S/c1-4-13-28-26(34)30-25-22(24(33)29-20-8-7-14-32(18-20)27(35)36)17-23(38-25)19-9-11-21(12-10-19)37-16-15-31(5-2)6-3/h9-12,17,20H,4-8,13-16,18H2,1-3H3,(H,29,33)(H,35,36)(H2,28,30,34)/t20-/m0/s1. The van der Waals surface area contributed by atoms with Crippen LogP contribution in [0.15, 0.2) is 30.3 Å². The molecular formula is C27H39N5O5S. The van der Waals surface area contributed by atoms with E-state index in [1.54, 1.807) is 6.07 Å². The van der Waals surface area contributed by atoms with Gasteiger partial charge in [-0.15, -0.1) is 11.3 Å². The van der Waals surface area contributed by atoms with Crippen molar-refractivity contribution in [2.75, 3.05) is 51.2 Å². The zero-order valence-electron chi connectivity index (χ0n) is 22.4. The lowest BCUT2D eigenvalue weighted by molar-refractivity contribution is 0.0889. The lowest BCUT2D eigenvalue weighted by atomic mass is 10.1. The van der Waals surface area contributed by atoms with Crippen molar-refractivity contribution in [3.8, 4) is 16.2 Å². The summed E-state index contributed by atoms with van der Waals surface area (Å²) in [5, 5.41) is 18.3. The Kier molecular flexibility index (Phi) is 11.2. The summed E-state index contributed by atoms with van der Waals surface area (Å²) in [6, 6.07) is 8.79. The number of hydrogen-bond donors (Lipinski definition) is 4. The predicted molar refractivity (Wildman–Crippen MR) is 150 cm³/mol. The Morgan fingerprint density at radius 2 is 1.89 bits per heavy atom. The second kappa shape index (κ2) is 14.6. The first-order valence-electron chi connectivity index (χ1n) is 13.3. The first-order chi connectivity index (χ1) is 18.3. The molecule has 1 fully saturated rings. The van der Waals surface area contributed by atoms with Gasteiger partial charge in [0.25, 0.3) is 5.91 Å². The van der Waals surface area contributed by atoms with Crippen molar-refractivity contribution in [3.63, 3.8) is 0 Å². The summed E-state index contributed by atoms with van der Waals surface area (Å²) in [4.78, 5) is 41.5. The quantitative estimate of drug-likeness (QED) is 0.311. The van der Waals surface area contributed by atoms with Crippen molar-refractivity contribution in [1.82, 2.24) is 20.4 Å². The van der Waals surface area contributed by atoms with Crippen LogP contribution in [0.5, 0.6) is 5.75 Å². The second-order valence-electron chi connectivity index (χ2n) is 9.18. The number of urea groups is 1. The Hall–Kier alpha value is -3.31. The molecule has 1 aliphatic rings. The van der Waals surface area contributed by atoms with Gasteiger partial charge in [0.15, 0.2) is 0 Å². The highest BCUT2D eigenvalue weighted by Gasteiger charge is 2.26. The Labute approximate surface area is 228 Å². The fourth-order valence-electron chi connectivity index (χ4n) is 4.26. The molecule has 0 unspecified atom stereocenters. The molecule has 10 nitrogen and oxygen atoms in total. The van der Waals surface area contributed by atoms with Gasteiger partial charge in [-0.1, -0.05) is 20.8 Å². The van der Waals surface area contributed by atoms with Gasteiger partial charge in [0.1, 0.15) is 17.4 Å². The minimum Gasteiger partial charge on any atom is -0.492 e. The van der Waals surface area contributed by atoms with Crippen LogP contribution in [0, 0.1) is 0 Å². The number of carbonyl (C=O) groups is 3. The van der Waals surface area contributed by atoms with E-state index in [1.165, 1.54) is 16.2 Å². The van der Waals surface area contributed by atoms with Crippen LogP contribution in [-0.4, -0.2) is 84.9 Å². The second-order valence-corrected chi connectivity index (χ2v) is 10.2. The normalized spacial score (nSPS) is 15.3. The minimum atomic E-state index is -0.989. The third-order valence-electron chi connectivity index (χ3n) is 6.48. The van der Waals surface area contributed by atoms with Gasteiger partial charge in [0.05, 0.1) is 5.56 Å². The number of carbonyl (C=O) groups excluding carboxylic acids is 2. The molecule has 4 N–H and O–H groups in total. The fraction of sp³-hybridized carbons (Fsp3) is 0.519. The van der Waals surface area contributed by atoms with E-state index >= 15 is 0 Å². The van der Waals surface area contributed by atoms with Gasteiger partial charge in [0.2, 0.25) is 0 Å². The molecule has 0 radical (unpaired) electrons. The first-order valence-corrected chi connectivity index (χ1v) is 14.1. The van der Waals surface area contributed by atoms with Crippen molar-refractivity contribution < 1.29 is 24.2 Å². The predicted octanol–water partition coefficient (Wildman–Crippen LogP) is 4.54. The molecule has 3 rings (SSSR count). The molecule has 2 heterocycles. The van der Waals surface area contributed by atoms with Crippen LogP contribution in [0.25, 0.3) is 10.4 Å². The van der Waals surface area contributed by atoms with Crippen molar-refractivity contribution in [2.45, 2.75) is 46.1 Å². The molecule has 208 valence electrons. The lowest BCUT2D eigenvalue weighted by Crippen LogP contribution is -2.49. The third-order valence-corrected chi connectivity index (χ3v) is 7.58. The Morgan fingerprint density at radius 3 is 2.55 bits per heavy atom. The van der Waals surface area contributed by atoms with Crippen molar-refractivity contribution in [3.05, 3.63) is 35.9 Å². The molecule has 0 spiro atoms. The number of amides is 4. The van der Waals surface area contributed by atoms with Gasteiger partial charge in [-0.25, -0.2) is 9.59 Å². The summed E-state index contributed by atoms with van der Waals surface area (Å²) in [6.45, 7) is 10.9. The van der Waals surface area contributed by atoms with Crippen LogP contribution in [0.2, 0.25) is 0 Å². The molecule has 1 aliphatic heterocycles. The van der Waals surface area contributed by atoms with E-state index in [4.69, 9.17) is 4.74 Å². The van der Waals surface area contributed by atoms with E-state index in [1.807, 2.05) is 31.2 Å². The molecular weight excluding hydrogens is 506 g/mol. The summed E-state index contributed by atoms with van der Waals surface area (Å²) in [6.07, 6.45) is 1.18. The molecule has 4 amide bonds. The summed E-state index contributed by atoms with van der Waals surface area (Å²) in [5.41, 5.74) is 1.25. The smallest absolute Gasteiger partial charge is 0.407 e. The number of nitrogens with zero attached hydrogens (tertiary/aromatic N) is 2. The van der Waals surface area contributed by atoms with Crippen LogP contribution < -0.4 is 20.7 Å². The van der Waals surface area contributed by atoms with Crippen molar-refractivity contribution in [1.29, 1.82) is 0 Å². The number of carboxylic acid groups (broad SMARTS) is 1. The van der Waals surface area contributed by atoms with Gasteiger partial charge in [-0.05, 0) is 68.2 Å². The maximum atomic E-state index is 13.3. The number of thiophene rings is 1. The fourth-order valence-corrected chi connectivity index (χ4v) is 5.32. The molecule has 1 aromatic heterocycles. The summed E-state index contributed by atoms with van der Waals surface area (Å²) in [7, 11) is 0. The maximum Gasteiger partial charge on any atom is 0.407 e. The van der Waals surface area contributed by atoms with Gasteiger partial charge >= 0.3 is 12.1 Å². The SMILES string of the molecule is CCCNC(=O)Nc1sc(-c2ccc(OCCN(CC)CC)cc2)cc1C(=O)N[C@H]1CCCN(C(=O)O)C1. The Balaban J connectivity index is 1.74. The van der Waals surface area contributed by atoms with Gasteiger partial charge in [0, 0.05) is 37.1 Å².